The van der Waals surface area contributed by atoms with Gasteiger partial charge in [0.25, 0.3) is 0 Å². The summed E-state index contributed by atoms with van der Waals surface area (Å²) in [5.74, 6) is -0.278. The molecule has 0 aliphatic heterocycles. The van der Waals surface area contributed by atoms with E-state index in [9.17, 15) is 4.39 Å². The van der Waals surface area contributed by atoms with Crippen molar-refractivity contribution in [3.63, 3.8) is 0 Å². The highest BCUT2D eigenvalue weighted by Gasteiger charge is 2.34. The quantitative estimate of drug-likeness (QED) is 0.433. The van der Waals surface area contributed by atoms with Gasteiger partial charge in [-0.05, 0) is 42.1 Å². The molecule has 0 aliphatic carbocycles. The molecule has 5 heteroatoms. The monoisotopic (exact) mass is 387 g/mol. The molecule has 0 radical (unpaired) electrons. The molecule has 0 spiro atoms. The topological polar surface area (TPSA) is 21.3 Å². The molecule has 1 rings (SSSR count). The number of hydrogen-bond donors (Lipinski definition) is 1. The van der Waals surface area contributed by atoms with Crippen molar-refractivity contribution >= 4 is 19.9 Å². The standard InChI is InChI=1S/C20H35ClFNOSi/c1-7-20(5,6)15-23-14-18(24-25(8-2,9-3)10-4)19-16(21)12-11-13-17(19)22/h11-13,18,23H,7-10,14-15H2,1-6H3. The van der Waals surface area contributed by atoms with Crippen molar-refractivity contribution in [1.29, 1.82) is 0 Å². The van der Waals surface area contributed by atoms with Gasteiger partial charge in [0.15, 0.2) is 8.32 Å². The van der Waals surface area contributed by atoms with E-state index in [2.05, 4.69) is 46.9 Å². The molecule has 1 atom stereocenters. The number of hydrogen-bond acceptors (Lipinski definition) is 2. The highest BCUT2D eigenvalue weighted by molar-refractivity contribution is 6.73. The molecule has 0 amide bonds. The van der Waals surface area contributed by atoms with Gasteiger partial charge in [-0.25, -0.2) is 4.39 Å². The Morgan fingerprint density at radius 2 is 1.76 bits per heavy atom. The summed E-state index contributed by atoms with van der Waals surface area (Å²) < 4.78 is 21.2. The molecule has 144 valence electrons. The number of nitrogens with one attached hydrogen (secondary N) is 1. The minimum Gasteiger partial charge on any atom is -0.408 e. The minimum absolute atomic E-state index is 0.207. The summed E-state index contributed by atoms with van der Waals surface area (Å²) in [5.41, 5.74) is 0.705. The van der Waals surface area contributed by atoms with Gasteiger partial charge in [-0.1, -0.05) is 59.2 Å². The van der Waals surface area contributed by atoms with Crippen LogP contribution < -0.4 is 5.32 Å². The fourth-order valence-electron chi connectivity index (χ4n) is 2.99. The molecule has 1 N–H and O–H groups in total. The van der Waals surface area contributed by atoms with E-state index < -0.39 is 8.32 Å². The molecule has 0 saturated carbocycles. The minimum atomic E-state index is -1.88. The highest BCUT2D eigenvalue weighted by atomic mass is 35.5. The van der Waals surface area contributed by atoms with Crippen LogP contribution in [0.4, 0.5) is 4.39 Å². The van der Waals surface area contributed by atoms with Crippen LogP contribution in [-0.2, 0) is 4.43 Å². The normalized spacial score (nSPS) is 13.9. The second-order valence-corrected chi connectivity index (χ2v) is 12.8. The van der Waals surface area contributed by atoms with Gasteiger partial charge in [0.2, 0.25) is 0 Å². The molecule has 0 bridgehead atoms. The summed E-state index contributed by atoms with van der Waals surface area (Å²) in [6, 6.07) is 7.96. The molecule has 1 aromatic rings. The Hall–Kier alpha value is -0.423. The first-order chi connectivity index (χ1) is 11.7. The Balaban J connectivity index is 3.06. The first-order valence-electron chi connectivity index (χ1n) is 9.56. The molecule has 2 nitrogen and oxygen atoms in total. The average molecular weight is 388 g/mol. The van der Waals surface area contributed by atoms with Gasteiger partial charge in [0, 0.05) is 23.7 Å². The molecular formula is C20H35ClFNOSi. The second-order valence-electron chi connectivity index (χ2n) is 7.63. The van der Waals surface area contributed by atoms with E-state index in [-0.39, 0.29) is 17.3 Å². The van der Waals surface area contributed by atoms with E-state index in [4.69, 9.17) is 16.0 Å². The van der Waals surface area contributed by atoms with Gasteiger partial charge in [-0.2, -0.15) is 0 Å². The van der Waals surface area contributed by atoms with Crippen LogP contribution in [0.3, 0.4) is 0 Å². The highest BCUT2D eigenvalue weighted by Crippen LogP contribution is 2.34. The van der Waals surface area contributed by atoms with Crippen LogP contribution in [0.1, 0.15) is 59.6 Å². The molecule has 0 heterocycles. The van der Waals surface area contributed by atoms with Crippen molar-refractivity contribution in [2.75, 3.05) is 13.1 Å². The Bertz CT molecular complexity index is 506. The van der Waals surface area contributed by atoms with Crippen molar-refractivity contribution in [3.8, 4) is 0 Å². The van der Waals surface area contributed by atoms with Crippen LogP contribution in [-0.4, -0.2) is 21.4 Å². The zero-order chi connectivity index (χ0) is 19.1. The van der Waals surface area contributed by atoms with Crippen LogP contribution in [0.2, 0.25) is 23.2 Å². The molecule has 1 unspecified atom stereocenters. The predicted octanol–water partition coefficient (Wildman–Crippen LogP) is 6.57. The Morgan fingerprint density at radius 1 is 1.16 bits per heavy atom. The first-order valence-corrected chi connectivity index (χ1v) is 12.5. The predicted molar refractivity (Wildman–Crippen MR) is 109 cm³/mol. The number of rotatable bonds is 11. The summed E-state index contributed by atoms with van der Waals surface area (Å²) in [7, 11) is -1.88. The van der Waals surface area contributed by atoms with Crippen molar-refractivity contribution < 1.29 is 8.82 Å². The van der Waals surface area contributed by atoms with Gasteiger partial charge in [0.1, 0.15) is 5.82 Å². The summed E-state index contributed by atoms with van der Waals surface area (Å²) in [4.78, 5) is 0. The van der Waals surface area contributed by atoms with Gasteiger partial charge in [-0.15, -0.1) is 0 Å². The Morgan fingerprint density at radius 3 is 2.24 bits per heavy atom. The fraction of sp³-hybridized carbons (Fsp3) is 0.700. The van der Waals surface area contributed by atoms with Gasteiger partial charge in [0.05, 0.1) is 6.10 Å². The second kappa shape index (κ2) is 10.1. The smallest absolute Gasteiger partial charge is 0.192 e. The van der Waals surface area contributed by atoms with E-state index in [0.717, 1.165) is 31.1 Å². The lowest BCUT2D eigenvalue weighted by atomic mass is 9.90. The zero-order valence-electron chi connectivity index (χ0n) is 16.7. The summed E-state index contributed by atoms with van der Waals surface area (Å²) in [5, 5.41) is 3.95. The maximum absolute atomic E-state index is 14.5. The fourth-order valence-corrected chi connectivity index (χ4v) is 6.08. The lowest BCUT2D eigenvalue weighted by Gasteiger charge is -2.35. The van der Waals surface area contributed by atoms with Crippen molar-refractivity contribution in [2.45, 2.75) is 72.2 Å². The van der Waals surface area contributed by atoms with Gasteiger partial charge >= 0.3 is 0 Å². The van der Waals surface area contributed by atoms with Crippen molar-refractivity contribution in [3.05, 3.63) is 34.6 Å². The SMILES string of the molecule is CCC(C)(C)CNCC(O[Si](CC)(CC)CC)c1c(F)cccc1Cl. The maximum Gasteiger partial charge on any atom is 0.192 e. The van der Waals surface area contributed by atoms with Crippen molar-refractivity contribution in [2.24, 2.45) is 5.41 Å². The van der Waals surface area contributed by atoms with Crippen LogP contribution >= 0.6 is 11.6 Å². The Kier molecular flexibility index (Phi) is 9.09. The third-order valence-corrected chi connectivity index (χ3v) is 10.5. The summed E-state index contributed by atoms with van der Waals surface area (Å²) in [6.45, 7) is 14.7. The van der Waals surface area contributed by atoms with Gasteiger partial charge in [-0.3, -0.25) is 0 Å². The molecular weight excluding hydrogens is 353 g/mol. The first kappa shape index (κ1) is 22.6. The Labute approximate surface area is 159 Å². The van der Waals surface area contributed by atoms with Gasteiger partial charge < -0.3 is 9.74 Å². The molecule has 0 fully saturated rings. The van der Waals surface area contributed by atoms with Crippen LogP contribution in [0.5, 0.6) is 0 Å². The molecule has 0 saturated heterocycles. The summed E-state index contributed by atoms with van der Waals surface area (Å²) in [6.07, 6.45) is 0.747. The van der Waals surface area contributed by atoms with E-state index >= 15 is 0 Å². The van der Waals surface area contributed by atoms with E-state index in [1.165, 1.54) is 6.07 Å². The molecule has 0 aromatic heterocycles. The summed E-state index contributed by atoms with van der Waals surface area (Å²) >= 11 is 6.35. The number of halogens is 2. The number of benzene rings is 1. The van der Waals surface area contributed by atoms with Crippen LogP contribution in [0.25, 0.3) is 0 Å². The van der Waals surface area contributed by atoms with Crippen LogP contribution in [0.15, 0.2) is 18.2 Å². The van der Waals surface area contributed by atoms with E-state index in [1.807, 2.05) is 0 Å². The maximum atomic E-state index is 14.5. The lowest BCUT2D eigenvalue weighted by molar-refractivity contribution is 0.174. The van der Waals surface area contributed by atoms with Crippen LogP contribution in [0, 0.1) is 11.2 Å². The van der Waals surface area contributed by atoms with E-state index in [1.54, 1.807) is 12.1 Å². The average Bonchev–Trinajstić information content (AvgIpc) is 2.59. The molecule has 25 heavy (non-hydrogen) atoms. The molecule has 1 aromatic carbocycles. The third-order valence-electron chi connectivity index (χ3n) is 5.54. The third kappa shape index (κ3) is 6.35. The molecule has 0 aliphatic rings. The zero-order valence-corrected chi connectivity index (χ0v) is 18.5. The van der Waals surface area contributed by atoms with Crippen molar-refractivity contribution in [1.82, 2.24) is 5.32 Å². The lowest BCUT2D eigenvalue weighted by Crippen LogP contribution is -2.41. The largest absolute Gasteiger partial charge is 0.408 e. The van der Waals surface area contributed by atoms with E-state index in [0.29, 0.717) is 17.1 Å².